The van der Waals surface area contributed by atoms with E-state index < -0.39 is 11.6 Å². The van der Waals surface area contributed by atoms with Gasteiger partial charge in [0.05, 0.1) is 5.56 Å². The van der Waals surface area contributed by atoms with Crippen molar-refractivity contribution in [1.82, 2.24) is 9.80 Å². The summed E-state index contributed by atoms with van der Waals surface area (Å²) in [7, 11) is 0. The van der Waals surface area contributed by atoms with Crippen LogP contribution in [-0.4, -0.2) is 58.2 Å². The van der Waals surface area contributed by atoms with Crippen LogP contribution in [0.1, 0.15) is 43.6 Å². The van der Waals surface area contributed by atoms with Crippen LogP contribution < -0.4 is 0 Å². The zero-order valence-electron chi connectivity index (χ0n) is 15.1. The number of amides is 1. The molecule has 25 heavy (non-hydrogen) atoms. The van der Waals surface area contributed by atoms with Gasteiger partial charge in [0.2, 0.25) is 0 Å². The van der Waals surface area contributed by atoms with Crippen LogP contribution in [0.25, 0.3) is 0 Å². The minimum absolute atomic E-state index is 0.154. The fraction of sp³-hybridized carbons (Fsp3) is 0.556. The number of aromatic carboxylic acids is 1. The van der Waals surface area contributed by atoms with Crippen molar-refractivity contribution in [3.8, 4) is 0 Å². The first-order chi connectivity index (χ1) is 11.6. The minimum Gasteiger partial charge on any atom is -0.478 e. The van der Waals surface area contributed by atoms with E-state index in [2.05, 4.69) is 27.8 Å². The third-order valence-corrected chi connectivity index (χ3v) is 4.86. The van der Waals surface area contributed by atoms with Crippen LogP contribution >= 0.6 is 15.9 Å². The Bertz CT molecular complexity index is 657. The molecule has 1 aromatic rings. The van der Waals surface area contributed by atoms with Crippen molar-refractivity contribution < 1.29 is 19.4 Å². The van der Waals surface area contributed by atoms with E-state index in [1.165, 1.54) is 0 Å². The summed E-state index contributed by atoms with van der Waals surface area (Å²) in [5.74, 6) is -0.934. The van der Waals surface area contributed by atoms with Crippen LogP contribution in [0.5, 0.6) is 0 Å². The lowest BCUT2D eigenvalue weighted by atomic mass is 10.1. The van der Waals surface area contributed by atoms with E-state index in [4.69, 9.17) is 9.84 Å². The van der Waals surface area contributed by atoms with Crippen LogP contribution in [0, 0.1) is 0 Å². The molecule has 0 aliphatic carbocycles. The summed E-state index contributed by atoms with van der Waals surface area (Å²) in [5, 5.41) is 9.16. The van der Waals surface area contributed by atoms with Crippen LogP contribution in [0.15, 0.2) is 22.7 Å². The lowest BCUT2D eigenvalue weighted by Crippen LogP contribution is -2.54. The van der Waals surface area contributed by atoms with Gasteiger partial charge in [0.1, 0.15) is 5.60 Å². The average Bonchev–Trinajstić information content (AvgIpc) is 2.49. The smallest absolute Gasteiger partial charge is 0.410 e. The molecule has 1 N–H and O–H groups in total. The third-order valence-electron chi connectivity index (χ3n) is 4.08. The Hall–Kier alpha value is -1.60. The van der Waals surface area contributed by atoms with E-state index >= 15 is 0 Å². The lowest BCUT2D eigenvalue weighted by Gasteiger charge is -2.40. The summed E-state index contributed by atoms with van der Waals surface area (Å²) in [6.07, 6.45) is -0.284. The molecule has 7 heteroatoms. The van der Waals surface area contributed by atoms with Crippen molar-refractivity contribution in [3.63, 3.8) is 0 Å². The molecule has 2 rings (SSSR count). The van der Waals surface area contributed by atoms with Crippen LogP contribution in [0.2, 0.25) is 0 Å². The summed E-state index contributed by atoms with van der Waals surface area (Å²) in [6.45, 7) is 10.2. The number of carboxylic acid groups (broad SMARTS) is 1. The van der Waals surface area contributed by atoms with Crippen molar-refractivity contribution >= 4 is 28.0 Å². The van der Waals surface area contributed by atoms with Crippen LogP contribution in [0.4, 0.5) is 4.79 Å². The van der Waals surface area contributed by atoms with Gasteiger partial charge in [-0.05, 0) is 51.5 Å². The molecule has 6 nitrogen and oxygen atoms in total. The van der Waals surface area contributed by atoms with Crippen molar-refractivity contribution in [2.24, 2.45) is 0 Å². The maximum absolute atomic E-state index is 12.2. The molecule has 0 bridgehead atoms. The number of halogens is 1. The van der Waals surface area contributed by atoms with Crippen LogP contribution in [-0.2, 0) is 11.3 Å². The van der Waals surface area contributed by atoms with Gasteiger partial charge in [-0.2, -0.15) is 0 Å². The Morgan fingerprint density at radius 1 is 1.32 bits per heavy atom. The average molecular weight is 413 g/mol. The van der Waals surface area contributed by atoms with Gasteiger partial charge in [0.15, 0.2) is 0 Å². The molecule has 1 aliphatic heterocycles. The van der Waals surface area contributed by atoms with Gasteiger partial charge in [0, 0.05) is 36.7 Å². The fourth-order valence-corrected chi connectivity index (χ4v) is 3.14. The quantitative estimate of drug-likeness (QED) is 0.820. The lowest BCUT2D eigenvalue weighted by molar-refractivity contribution is 0.00455. The second-order valence-corrected chi connectivity index (χ2v) is 8.21. The van der Waals surface area contributed by atoms with Gasteiger partial charge in [-0.25, -0.2) is 9.59 Å². The predicted molar refractivity (Wildman–Crippen MR) is 98.8 cm³/mol. The molecule has 1 heterocycles. The second kappa shape index (κ2) is 7.74. The number of carboxylic acids is 1. The van der Waals surface area contributed by atoms with Crippen molar-refractivity contribution in [3.05, 3.63) is 33.8 Å². The van der Waals surface area contributed by atoms with E-state index in [-0.39, 0.29) is 17.7 Å². The number of ether oxygens (including phenoxy) is 1. The first-order valence-corrected chi connectivity index (χ1v) is 9.10. The maximum Gasteiger partial charge on any atom is 0.410 e. The Balaban J connectivity index is 2.01. The third kappa shape index (κ3) is 5.44. The normalized spacial score (nSPS) is 18.9. The van der Waals surface area contributed by atoms with Crippen molar-refractivity contribution in [1.29, 1.82) is 0 Å². The molecule has 1 amide bonds. The highest BCUT2D eigenvalue weighted by atomic mass is 79.9. The molecule has 1 unspecified atom stereocenters. The topological polar surface area (TPSA) is 70.1 Å². The van der Waals surface area contributed by atoms with E-state index in [9.17, 15) is 9.59 Å². The molecule has 138 valence electrons. The molecule has 1 saturated heterocycles. The molecular formula is C18H25BrN2O4. The number of hydrogen-bond acceptors (Lipinski definition) is 4. The van der Waals surface area contributed by atoms with Gasteiger partial charge in [-0.15, -0.1) is 0 Å². The Kier molecular flexibility index (Phi) is 6.11. The molecule has 0 spiro atoms. The van der Waals surface area contributed by atoms with E-state index in [1.807, 2.05) is 20.8 Å². The fourth-order valence-electron chi connectivity index (χ4n) is 2.77. The standard InChI is InChI=1S/C18H25BrN2O4/c1-12-10-21(17(24)25-18(2,3)4)8-7-20(12)11-14-9-13(16(22)23)5-6-15(14)19/h5-6,9,12H,7-8,10-11H2,1-4H3,(H,22,23). The summed E-state index contributed by atoms with van der Waals surface area (Å²) < 4.78 is 6.32. The molecule has 0 aromatic heterocycles. The van der Waals surface area contributed by atoms with Gasteiger partial charge < -0.3 is 14.7 Å². The Morgan fingerprint density at radius 2 is 2.00 bits per heavy atom. The predicted octanol–water partition coefficient (Wildman–Crippen LogP) is 3.59. The molecule has 1 fully saturated rings. The molecule has 1 aliphatic rings. The van der Waals surface area contributed by atoms with Crippen molar-refractivity contribution in [2.45, 2.75) is 45.9 Å². The molecular weight excluding hydrogens is 388 g/mol. The van der Waals surface area contributed by atoms with Gasteiger partial charge in [0.25, 0.3) is 0 Å². The van der Waals surface area contributed by atoms with E-state index in [1.54, 1.807) is 23.1 Å². The molecule has 1 atom stereocenters. The summed E-state index contributed by atoms with van der Waals surface area (Å²) in [4.78, 5) is 27.4. The zero-order valence-corrected chi connectivity index (χ0v) is 16.7. The zero-order chi connectivity index (χ0) is 18.8. The number of nitrogens with zero attached hydrogens (tertiary/aromatic N) is 2. The Labute approximate surface area is 156 Å². The molecule has 1 aromatic carbocycles. The monoisotopic (exact) mass is 412 g/mol. The first kappa shape index (κ1) is 19.7. The summed E-state index contributed by atoms with van der Waals surface area (Å²) in [6, 6.07) is 5.20. The highest BCUT2D eigenvalue weighted by Crippen LogP contribution is 2.23. The second-order valence-electron chi connectivity index (χ2n) is 7.36. The van der Waals surface area contributed by atoms with Gasteiger partial charge >= 0.3 is 12.1 Å². The van der Waals surface area contributed by atoms with E-state index in [0.717, 1.165) is 10.0 Å². The summed E-state index contributed by atoms with van der Waals surface area (Å²) >= 11 is 3.49. The molecule has 0 radical (unpaired) electrons. The highest BCUT2D eigenvalue weighted by molar-refractivity contribution is 9.10. The number of piperazine rings is 1. The number of carbonyl (C=O) groups is 2. The van der Waals surface area contributed by atoms with E-state index in [0.29, 0.717) is 26.2 Å². The number of benzene rings is 1. The first-order valence-electron chi connectivity index (χ1n) is 8.30. The van der Waals surface area contributed by atoms with Crippen molar-refractivity contribution in [2.75, 3.05) is 19.6 Å². The molecule has 0 saturated carbocycles. The number of carbonyl (C=O) groups excluding carboxylic acids is 1. The number of hydrogen-bond donors (Lipinski definition) is 1. The van der Waals surface area contributed by atoms with Gasteiger partial charge in [-0.3, -0.25) is 4.90 Å². The maximum atomic E-state index is 12.2. The van der Waals surface area contributed by atoms with Crippen LogP contribution in [0.3, 0.4) is 0 Å². The SMILES string of the molecule is CC1CN(C(=O)OC(C)(C)C)CCN1Cc1cc(C(=O)O)ccc1Br. The number of rotatable bonds is 3. The minimum atomic E-state index is -0.934. The largest absolute Gasteiger partial charge is 0.478 e. The highest BCUT2D eigenvalue weighted by Gasteiger charge is 2.30. The summed E-state index contributed by atoms with van der Waals surface area (Å²) in [5.41, 5.74) is 0.704. The Morgan fingerprint density at radius 3 is 2.56 bits per heavy atom. The van der Waals surface area contributed by atoms with Gasteiger partial charge in [-0.1, -0.05) is 15.9 Å².